The van der Waals surface area contributed by atoms with Gasteiger partial charge in [-0.15, -0.1) is 5.11 Å². The smallest absolute Gasteiger partial charge is 0.271 e. The van der Waals surface area contributed by atoms with Crippen LogP contribution >= 0.6 is 0 Å². The number of hydrogen-bond donors (Lipinski definition) is 3. The lowest BCUT2D eigenvalue weighted by molar-refractivity contribution is 0.217. The van der Waals surface area contributed by atoms with Crippen molar-refractivity contribution in [2.24, 2.45) is 10.2 Å². The third-order valence-electron chi connectivity index (χ3n) is 4.94. The topological polar surface area (TPSA) is 169 Å². The first kappa shape index (κ1) is 26.1. The summed E-state index contributed by atoms with van der Waals surface area (Å²) in [6.07, 6.45) is 1.40. The summed E-state index contributed by atoms with van der Waals surface area (Å²) in [6.45, 7) is 2.56. The molecule has 0 unspecified atom stereocenters. The molecule has 1 heterocycles. The summed E-state index contributed by atoms with van der Waals surface area (Å²) >= 11 is 0. The fourth-order valence-corrected chi connectivity index (χ4v) is 4.52. The van der Waals surface area contributed by atoms with Crippen LogP contribution in [-0.2, 0) is 16.6 Å². The fraction of sp³-hybridized carbons (Fsp3) is 0.429. The number of aliphatic hydroxyl groups excluding tert-OH is 2. The largest absolute Gasteiger partial charge is 0.493 e. The van der Waals surface area contributed by atoms with Crippen LogP contribution in [0, 0.1) is 18.3 Å². The molecule has 0 fully saturated rings. The molecule has 1 aromatic heterocycles. The zero-order chi connectivity index (χ0) is 24.6. The van der Waals surface area contributed by atoms with Crippen LogP contribution in [0.4, 0.5) is 11.4 Å². The third kappa shape index (κ3) is 5.82. The van der Waals surface area contributed by atoms with Gasteiger partial charge in [0.15, 0.2) is 5.69 Å². The molecule has 11 nitrogen and oxygen atoms in total. The molecule has 2 rings (SSSR count). The van der Waals surface area contributed by atoms with Gasteiger partial charge in [-0.25, -0.2) is 8.42 Å². The zero-order valence-corrected chi connectivity index (χ0v) is 19.3. The van der Waals surface area contributed by atoms with Gasteiger partial charge in [0.25, 0.3) is 5.56 Å². The van der Waals surface area contributed by atoms with Crippen LogP contribution in [-0.4, -0.2) is 58.9 Å². The van der Waals surface area contributed by atoms with E-state index < -0.39 is 21.5 Å². The normalized spacial score (nSPS) is 11.9. The molecule has 0 bridgehead atoms. The van der Waals surface area contributed by atoms with E-state index in [9.17, 15) is 23.6 Å². The maximum Gasteiger partial charge on any atom is 0.271 e. The van der Waals surface area contributed by atoms with Crippen molar-refractivity contribution >= 4 is 21.4 Å². The number of aromatic hydroxyl groups is 1. The maximum atomic E-state index is 12.7. The van der Waals surface area contributed by atoms with Crippen molar-refractivity contribution in [1.29, 1.82) is 5.26 Å². The lowest BCUT2D eigenvalue weighted by Crippen LogP contribution is -2.35. The van der Waals surface area contributed by atoms with Gasteiger partial charge in [0.1, 0.15) is 11.6 Å². The summed E-state index contributed by atoms with van der Waals surface area (Å²) in [7, 11) is -3.92. The summed E-state index contributed by atoms with van der Waals surface area (Å²) < 4.78 is 27.4. The summed E-state index contributed by atoms with van der Waals surface area (Å²) in [5, 5.41) is 46.1. The van der Waals surface area contributed by atoms with E-state index in [1.54, 1.807) is 0 Å². The van der Waals surface area contributed by atoms with Crippen molar-refractivity contribution in [1.82, 2.24) is 8.87 Å². The molecule has 0 spiro atoms. The number of sulfonamides is 1. The van der Waals surface area contributed by atoms with Crippen LogP contribution < -0.4 is 5.56 Å². The summed E-state index contributed by atoms with van der Waals surface area (Å²) in [4.78, 5) is 12.4. The molecular formula is C21H27N5O6S. The third-order valence-corrected chi connectivity index (χ3v) is 6.86. The van der Waals surface area contributed by atoms with Crippen molar-refractivity contribution in [2.75, 3.05) is 26.3 Å². The van der Waals surface area contributed by atoms with Crippen LogP contribution in [0.3, 0.4) is 0 Å². The van der Waals surface area contributed by atoms with Crippen molar-refractivity contribution in [3.05, 3.63) is 45.7 Å². The number of unbranched alkanes of at least 4 members (excludes halogenated alkanes) is 1. The van der Waals surface area contributed by atoms with Gasteiger partial charge in [-0.3, -0.25) is 9.36 Å². The second-order valence-corrected chi connectivity index (χ2v) is 9.08. The number of benzene rings is 1. The Kier molecular flexibility index (Phi) is 9.24. The van der Waals surface area contributed by atoms with Crippen LogP contribution in [0.1, 0.15) is 30.9 Å². The number of aliphatic hydroxyl groups is 2. The molecule has 178 valence electrons. The first-order valence-corrected chi connectivity index (χ1v) is 11.8. The number of hydrogen-bond acceptors (Lipinski definition) is 9. The van der Waals surface area contributed by atoms with E-state index in [4.69, 9.17) is 10.2 Å². The minimum absolute atomic E-state index is 0.0176. The zero-order valence-electron chi connectivity index (χ0n) is 18.5. The van der Waals surface area contributed by atoms with E-state index in [0.717, 1.165) is 15.3 Å². The predicted molar refractivity (Wildman–Crippen MR) is 120 cm³/mol. The van der Waals surface area contributed by atoms with E-state index in [1.807, 2.05) is 13.0 Å². The van der Waals surface area contributed by atoms with Gasteiger partial charge in [0.05, 0.1) is 23.8 Å². The van der Waals surface area contributed by atoms with E-state index in [0.29, 0.717) is 6.42 Å². The van der Waals surface area contributed by atoms with Crippen LogP contribution in [0.15, 0.2) is 44.2 Å². The quantitative estimate of drug-likeness (QED) is 0.415. The monoisotopic (exact) mass is 477 g/mol. The molecule has 1 aromatic carbocycles. The first-order chi connectivity index (χ1) is 15.7. The molecule has 2 aromatic rings. The van der Waals surface area contributed by atoms with Crippen LogP contribution in [0.2, 0.25) is 0 Å². The van der Waals surface area contributed by atoms with Gasteiger partial charge < -0.3 is 15.3 Å². The van der Waals surface area contributed by atoms with Crippen LogP contribution in [0.25, 0.3) is 0 Å². The second-order valence-electron chi connectivity index (χ2n) is 7.14. The van der Waals surface area contributed by atoms with Crippen molar-refractivity contribution < 1.29 is 23.7 Å². The highest BCUT2D eigenvalue weighted by Crippen LogP contribution is 2.32. The highest BCUT2D eigenvalue weighted by Gasteiger charge is 2.23. The van der Waals surface area contributed by atoms with E-state index in [1.165, 1.54) is 31.2 Å². The Morgan fingerprint density at radius 2 is 1.73 bits per heavy atom. The Morgan fingerprint density at radius 3 is 2.24 bits per heavy atom. The molecule has 0 aliphatic heterocycles. The van der Waals surface area contributed by atoms with E-state index >= 15 is 0 Å². The molecule has 3 N–H and O–H groups in total. The van der Waals surface area contributed by atoms with E-state index in [2.05, 4.69) is 10.2 Å². The Balaban J connectivity index is 2.41. The number of aromatic nitrogens is 1. The van der Waals surface area contributed by atoms with Gasteiger partial charge in [-0.05, 0) is 37.6 Å². The molecular weight excluding hydrogens is 450 g/mol. The highest BCUT2D eigenvalue weighted by molar-refractivity contribution is 7.89. The summed E-state index contributed by atoms with van der Waals surface area (Å²) in [6, 6.07) is 7.26. The van der Waals surface area contributed by atoms with E-state index in [-0.39, 0.29) is 60.2 Å². The number of azo groups is 1. The molecule has 0 aliphatic rings. The predicted octanol–water partition coefficient (Wildman–Crippen LogP) is 1.92. The number of nitrogens with zero attached hydrogens (tertiary/aromatic N) is 5. The number of nitriles is 1. The van der Waals surface area contributed by atoms with Crippen LogP contribution in [0.5, 0.6) is 5.88 Å². The lowest BCUT2D eigenvalue weighted by Gasteiger charge is -2.20. The molecule has 33 heavy (non-hydrogen) atoms. The van der Waals surface area contributed by atoms with Gasteiger partial charge >= 0.3 is 0 Å². The molecule has 0 radical (unpaired) electrons. The number of rotatable bonds is 11. The molecule has 0 saturated heterocycles. The van der Waals surface area contributed by atoms with Crippen molar-refractivity contribution in [2.45, 2.75) is 38.1 Å². The minimum atomic E-state index is -3.92. The lowest BCUT2D eigenvalue weighted by atomic mass is 10.1. The highest BCUT2D eigenvalue weighted by atomic mass is 32.2. The Morgan fingerprint density at radius 1 is 1.12 bits per heavy atom. The molecule has 0 atom stereocenters. The minimum Gasteiger partial charge on any atom is -0.493 e. The molecule has 0 aliphatic carbocycles. The Labute approximate surface area is 191 Å². The molecule has 0 amide bonds. The van der Waals surface area contributed by atoms with Gasteiger partial charge in [-0.2, -0.15) is 14.7 Å². The van der Waals surface area contributed by atoms with Gasteiger partial charge in [0, 0.05) is 25.2 Å². The summed E-state index contributed by atoms with van der Waals surface area (Å²) in [5.74, 6) is -0.392. The maximum absolute atomic E-state index is 12.7. The Bertz CT molecular complexity index is 1190. The summed E-state index contributed by atoms with van der Waals surface area (Å²) in [5.41, 5.74) is -0.277. The van der Waals surface area contributed by atoms with Crippen molar-refractivity contribution in [3.63, 3.8) is 0 Å². The molecule has 0 saturated carbocycles. The van der Waals surface area contributed by atoms with Crippen molar-refractivity contribution in [3.8, 4) is 11.9 Å². The Hall–Kier alpha value is -3.11. The average molecular weight is 478 g/mol. The standard InChI is InChI=1S/C21H27N5O6S/c1-3-4-9-26-20(29)18(14-22)15(2)19(21(26)30)24-23-16-5-7-17(8-6-16)33(31,32)25(10-12-27)11-13-28/h5-8,27-28,30H,3-4,9-13H2,1-2H3/b24-23+. The second kappa shape index (κ2) is 11.7. The fourth-order valence-electron chi connectivity index (χ4n) is 3.10. The molecule has 12 heteroatoms. The first-order valence-electron chi connectivity index (χ1n) is 10.3. The SMILES string of the molecule is CCCCn1c(O)c(/N=N/c2ccc(S(=O)(=O)N(CCO)CCO)cc2)c(C)c(C#N)c1=O. The van der Waals surface area contributed by atoms with Gasteiger partial charge in [0.2, 0.25) is 15.9 Å². The number of pyridine rings is 1. The van der Waals surface area contributed by atoms with Gasteiger partial charge in [-0.1, -0.05) is 13.3 Å². The average Bonchev–Trinajstić information content (AvgIpc) is 2.79.